The third-order valence-electron chi connectivity index (χ3n) is 2.31. The lowest BCUT2D eigenvalue weighted by Crippen LogP contribution is -2.39. The average molecular weight is 432 g/mol. The van der Waals surface area contributed by atoms with Crippen LogP contribution < -0.4 is 15.4 Å². The Morgan fingerprint density at radius 1 is 1.36 bits per heavy atom. The first-order chi connectivity index (χ1) is 10.0. The normalized spacial score (nSPS) is 11.5. The van der Waals surface area contributed by atoms with E-state index in [1.54, 1.807) is 24.5 Å². The Kier molecular flexibility index (Phi) is 10.7. The van der Waals surface area contributed by atoms with E-state index in [1.165, 1.54) is 0 Å². The van der Waals surface area contributed by atoms with Gasteiger partial charge in [-0.1, -0.05) is 0 Å². The molecule has 126 valence electrons. The van der Waals surface area contributed by atoms with E-state index >= 15 is 0 Å². The van der Waals surface area contributed by atoms with Crippen molar-refractivity contribution in [2.75, 3.05) is 26.2 Å². The molecule has 9 heteroatoms. The molecule has 0 aromatic carbocycles. The van der Waals surface area contributed by atoms with E-state index < -0.39 is 12.6 Å². The molecule has 0 amide bonds. The molecule has 0 unspecified atom stereocenters. The molecule has 0 aliphatic carbocycles. The van der Waals surface area contributed by atoms with Crippen molar-refractivity contribution in [1.82, 2.24) is 15.6 Å². The third kappa shape index (κ3) is 10.5. The summed E-state index contributed by atoms with van der Waals surface area (Å²) in [5.41, 5.74) is 0. The van der Waals surface area contributed by atoms with Crippen LogP contribution in [0.25, 0.3) is 0 Å². The van der Waals surface area contributed by atoms with Gasteiger partial charge in [-0.3, -0.25) is 9.98 Å². The number of aliphatic imine (C=N–C) groups is 1. The second-order valence-corrected chi connectivity index (χ2v) is 4.09. The summed E-state index contributed by atoms with van der Waals surface area (Å²) in [5.74, 6) is 0.981. The van der Waals surface area contributed by atoms with Crippen LogP contribution in [0.15, 0.2) is 29.5 Å². The van der Waals surface area contributed by atoms with Crippen molar-refractivity contribution >= 4 is 29.9 Å². The number of hydrogen-bond donors (Lipinski definition) is 2. The van der Waals surface area contributed by atoms with Crippen molar-refractivity contribution in [3.63, 3.8) is 0 Å². The van der Waals surface area contributed by atoms with E-state index in [2.05, 4.69) is 20.6 Å². The van der Waals surface area contributed by atoms with E-state index in [0.29, 0.717) is 31.4 Å². The van der Waals surface area contributed by atoms with Crippen LogP contribution in [-0.4, -0.2) is 43.4 Å². The maximum atomic E-state index is 12.1. The number of ether oxygens (including phenoxy) is 1. The molecule has 0 fully saturated rings. The van der Waals surface area contributed by atoms with Gasteiger partial charge in [-0.15, -0.1) is 24.0 Å². The van der Waals surface area contributed by atoms with Gasteiger partial charge in [-0.2, -0.15) is 13.2 Å². The van der Waals surface area contributed by atoms with Gasteiger partial charge in [0, 0.05) is 12.7 Å². The first-order valence-electron chi connectivity index (χ1n) is 6.63. The molecule has 0 saturated carbocycles. The van der Waals surface area contributed by atoms with Crippen LogP contribution in [0.2, 0.25) is 0 Å². The molecule has 5 nitrogen and oxygen atoms in total. The first kappa shape index (κ1) is 20.7. The third-order valence-corrected chi connectivity index (χ3v) is 2.31. The number of rotatable bonds is 7. The van der Waals surface area contributed by atoms with Crippen LogP contribution in [0.3, 0.4) is 0 Å². The van der Waals surface area contributed by atoms with Gasteiger partial charge in [0.1, 0.15) is 12.4 Å². The highest BCUT2D eigenvalue weighted by atomic mass is 127. The average Bonchev–Trinajstić information content (AvgIpc) is 2.43. The largest absolute Gasteiger partial charge is 0.490 e. The van der Waals surface area contributed by atoms with Crippen molar-refractivity contribution < 1.29 is 17.9 Å². The zero-order valence-electron chi connectivity index (χ0n) is 12.2. The van der Waals surface area contributed by atoms with Crippen molar-refractivity contribution in [3.05, 3.63) is 24.5 Å². The monoisotopic (exact) mass is 432 g/mol. The van der Waals surface area contributed by atoms with Crippen molar-refractivity contribution in [3.8, 4) is 5.75 Å². The summed E-state index contributed by atoms with van der Waals surface area (Å²) in [4.78, 5) is 7.75. The lowest BCUT2D eigenvalue weighted by Gasteiger charge is -2.12. The molecule has 0 aliphatic rings. The number of halogens is 4. The molecule has 0 saturated heterocycles. The van der Waals surface area contributed by atoms with Crippen LogP contribution in [0.4, 0.5) is 13.2 Å². The maximum Gasteiger partial charge on any atom is 0.390 e. The molecule has 1 heterocycles. The van der Waals surface area contributed by atoms with Crippen LogP contribution in [-0.2, 0) is 0 Å². The summed E-state index contributed by atoms with van der Waals surface area (Å²) in [5, 5.41) is 5.77. The van der Waals surface area contributed by atoms with Crippen LogP contribution in [0, 0.1) is 0 Å². The molecular formula is C13H20F3IN4O. The highest BCUT2D eigenvalue weighted by Gasteiger charge is 2.26. The van der Waals surface area contributed by atoms with Gasteiger partial charge in [0.25, 0.3) is 0 Å². The number of aromatic nitrogens is 1. The van der Waals surface area contributed by atoms with E-state index in [1.807, 2.05) is 6.92 Å². The van der Waals surface area contributed by atoms with Crippen LogP contribution in [0.1, 0.15) is 13.3 Å². The Balaban J connectivity index is 0.00000441. The smallest absolute Gasteiger partial charge is 0.390 e. The van der Waals surface area contributed by atoms with Gasteiger partial charge >= 0.3 is 6.18 Å². The summed E-state index contributed by atoms with van der Waals surface area (Å²) in [6, 6.07) is 3.53. The van der Waals surface area contributed by atoms with Gasteiger partial charge in [0.15, 0.2) is 5.96 Å². The van der Waals surface area contributed by atoms with Gasteiger partial charge in [-0.25, -0.2) is 0 Å². The lowest BCUT2D eigenvalue weighted by atomic mass is 10.4. The lowest BCUT2D eigenvalue weighted by molar-refractivity contribution is -0.132. The quantitative estimate of drug-likeness (QED) is 0.301. The number of guanidine groups is 1. The highest BCUT2D eigenvalue weighted by Crippen LogP contribution is 2.18. The predicted molar refractivity (Wildman–Crippen MR) is 89.8 cm³/mol. The summed E-state index contributed by atoms with van der Waals surface area (Å²) in [7, 11) is 0. The van der Waals surface area contributed by atoms with Gasteiger partial charge in [0.2, 0.25) is 0 Å². The highest BCUT2D eigenvalue weighted by molar-refractivity contribution is 14.0. The Hall–Kier alpha value is -1.26. The number of nitrogens with zero attached hydrogens (tertiary/aromatic N) is 2. The zero-order valence-corrected chi connectivity index (χ0v) is 14.5. The molecule has 0 spiro atoms. The van der Waals surface area contributed by atoms with E-state index in [4.69, 9.17) is 4.74 Å². The Morgan fingerprint density at radius 2 is 2.14 bits per heavy atom. The minimum Gasteiger partial charge on any atom is -0.490 e. The molecule has 1 rings (SSSR count). The predicted octanol–water partition coefficient (Wildman–Crippen LogP) is 2.59. The van der Waals surface area contributed by atoms with Crippen LogP contribution in [0.5, 0.6) is 5.75 Å². The summed E-state index contributed by atoms with van der Waals surface area (Å²) in [6.45, 7) is 2.89. The van der Waals surface area contributed by atoms with Gasteiger partial charge < -0.3 is 15.4 Å². The summed E-state index contributed by atoms with van der Waals surface area (Å²) < 4.78 is 41.6. The van der Waals surface area contributed by atoms with Crippen molar-refractivity contribution in [2.24, 2.45) is 4.99 Å². The molecular weight excluding hydrogens is 412 g/mol. The standard InChI is InChI=1S/C13H19F3N4O.HI/c1-2-18-12(19-7-5-13(14,15)16)20-8-9-21-11-4-3-6-17-10-11;/h3-4,6,10H,2,5,7-9H2,1H3,(H2,18,19,20);1H. The Morgan fingerprint density at radius 3 is 2.73 bits per heavy atom. The fourth-order valence-electron chi connectivity index (χ4n) is 1.41. The van der Waals surface area contributed by atoms with E-state index in [9.17, 15) is 13.2 Å². The molecule has 1 aromatic heterocycles. The minimum atomic E-state index is -4.19. The number of nitrogens with one attached hydrogen (secondary N) is 2. The molecule has 0 atom stereocenters. The Labute approximate surface area is 144 Å². The van der Waals surface area contributed by atoms with Gasteiger partial charge in [-0.05, 0) is 19.1 Å². The van der Waals surface area contributed by atoms with Crippen molar-refractivity contribution in [1.29, 1.82) is 0 Å². The van der Waals surface area contributed by atoms with Gasteiger partial charge in [0.05, 0.1) is 25.7 Å². The van der Waals surface area contributed by atoms with E-state index in [-0.39, 0.29) is 30.5 Å². The maximum absolute atomic E-state index is 12.1. The molecule has 0 bridgehead atoms. The second-order valence-electron chi connectivity index (χ2n) is 4.09. The minimum absolute atomic E-state index is 0. The Bertz CT molecular complexity index is 429. The zero-order chi connectivity index (χ0) is 15.6. The second kappa shape index (κ2) is 11.3. The topological polar surface area (TPSA) is 58.5 Å². The number of alkyl halides is 3. The summed E-state index contributed by atoms with van der Waals surface area (Å²) in [6.07, 6.45) is -1.90. The first-order valence-corrected chi connectivity index (χ1v) is 6.63. The summed E-state index contributed by atoms with van der Waals surface area (Å²) >= 11 is 0. The molecule has 0 radical (unpaired) electrons. The SMILES string of the molecule is CCNC(=NCCC(F)(F)F)NCCOc1cccnc1.I. The molecule has 2 N–H and O–H groups in total. The fraction of sp³-hybridized carbons (Fsp3) is 0.538. The van der Waals surface area contributed by atoms with Crippen molar-refractivity contribution in [2.45, 2.75) is 19.5 Å². The molecule has 22 heavy (non-hydrogen) atoms. The number of hydrogen-bond acceptors (Lipinski definition) is 3. The fourth-order valence-corrected chi connectivity index (χ4v) is 1.41. The molecule has 0 aliphatic heterocycles. The van der Waals surface area contributed by atoms with E-state index in [0.717, 1.165) is 0 Å². The van der Waals surface area contributed by atoms with Crippen LogP contribution >= 0.6 is 24.0 Å². The molecule has 1 aromatic rings. The number of pyridine rings is 1.